The second-order valence-electron chi connectivity index (χ2n) is 6.42. The van der Waals surface area contributed by atoms with Gasteiger partial charge in [-0.05, 0) is 26.8 Å². The smallest absolute Gasteiger partial charge is 0.254 e. The molecule has 1 aliphatic rings. The molecule has 3 heterocycles. The predicted octanol–water partition coefficient (Wildman–Crippen LogP) is 2.28. The third-order valence-electron chi connectivity index (χ3n) is 4.18. The monoisotopic (exact) mass is 351 g/mol. The highest BCUT2D eigenvalue weighted by Crippen LogP contribution is 2.36. The van der Waals surface area contributed by atoms with Crippen LogP contribution in [0.15, 0.2) is 22.5 Å². The highest BCUT2D eigenvalue weighted by atomic mass is 16.1. The van der Waals surface area contributed by atoms with Crippen LogP contribution in [0.2, 0.25) is 0 Å². The average Bonchev–Trinajstić information content (AvgIpc) is 3.24. The van der Waals surface area contributed by atoms with Crippen LogP contribution >= 0.6 is 0 Å². The van der Waals surface area contributed by atoms with Gasteiger partial charge in [0.25, 0.3) is 11.9 Å². The zero-order valence-corrected chi connectivity index (χ0v) is 15.2. The lowest BCUT2D eigenvalue weighted by Crippen LogP contribution is -2.28. The van der Waals surface area contributed by atoms with Crippen molar-refractivity contribution in [2.45, 2.75) is 45.7 Å². The van der Waals surface area contributed by atoms with E-state index >= 15 is 0 Å². The number of aryl methyl sites for hydroxylation is 3. The quantitative estimate of drug-likeness (QED) is 0.774. The summed E-state index contributed by atoms with van der Waals surface area (Å²) >= 11 is 0. The van der Waals surface area contributed by atoms with E-state index in [1.807, 2.05) is 19.9 Å². The first-order valence-corrected chi connectivity index (χ1v) is 8.47. The molecule has 0 saturated carbocycles. The van der Waals surface area contributed by atoms with Crippen molar-refractivity contribution < 1.29 is 4.79 Å². The molecule has 26 heavy (non-hydrogen) atoms. The van der Waals surface area contributed by atoms with Crippen molar-refractivity contribution in [3.8, 4) is 18.3 Å². The molecule has 2 aromatic heterocycles. The van der Waals surface area contributed by atoms with Crippen molar-refractivity contribution in [3.63, 3.8) is 0 Å². The number of aromatic nitrogens is 4. The number of amides is 1. The van der Waals surface area contributed by atoms with Gasteiger partial charge in [0.05, 0.1) is 11.3 Å². The van der Waals surface area contributed by atoms with E-state index in [0.717, 1.165) is 17.8 Å². The van der Waals surface area contributed by atoms with Crippen LogP contribution in [0.25, 0.3) is 5.95 Å². The Labute approximate surface area is 152 Å². The van der Waals surface area contributed by atoms with Gasteiger partial charge in [0.1, 0.15) is 0 Å². The maximum absolute atomic E-state index is 12.5. The van der Waals surface area contributed by atoms with Gasteiger partial charge >= 0.3 is 0 Å². The van der Waals surface area contributed by atoms with Gasteiger partial charge in [0.15, 0.2) is 5.66 Å². The fourth-order valence-electron chi connectivity index (χ4n) is 2.73. The van der Waals surface area contributed by atoms with Crippen LogP contribution in [0.3, 0.4) is 0 Å². The molecule has 0 spiro atoms. The molecule has 2 aromatic rings. The van der Waals surface area contributed by atoms with Crippen molar-refractivity contribution in [2.24, 2.45) is 10.2 Å². The van der Waals surface area contributed by atoms with Gasteiger partial charge in [-0.3, -0.25) is 4.79 Å². The van der Waals surface area contributed by atoms with Crippen molar-refractivity contribution in [1.82, 2.24) is 25.1 Å². The Morgan fingerprint density at radius 2 is 1.92 bits per heavy atom. The summed E-state index contributed by atoms with van der Waals surface area (Å²) in [5, 5.41) is 15.4. The Morgan fingerprint density at radius 1 is 1.23 bits per heavy atom. The van der Waals surface area contributed by atoms with Crippen molar-refractivity contribution in [3.05, 3.63) is 34.9 Å². The maximum atomic E-state index is 12.5. The number of terminal acetylenes is 1. The van der Waals surface area contributed by atoms with E-state index in [1.165, 1.54) is 4.68 Å². The predicted molar refractivity (Wildman–Crippen MR) is 96.0 cm³/mol. The molecule has 1 N–H and O–H groups in total. The lowest BCUT2D eigenvalue weighted by atomic mass is 10.0. The highest BCUT2D eigenvalue weighted by molar-refractivity contribution is 5.95. The Hall–Kier alpha value is -3.08. The summed E-state index contributed by atoms with van der Waals surface area (Å²) in [5.74, 6) is 2.86. The van der Waals surface area contributed by atoms with Crippen LogP contribution in [0.4, 0.5) is 0 Å². The molecule has 0 saturated heterocycles. The van der Waals surface area contributed by atoms with Gasteiger partial charge in [-0.15, -0.1) is 12.3 Å². The van der Waals surface area contributed by atoms with Crippen LogP contribution in [0.5, 0.6) is 0 Å². The Balaban J connectivity index is 1.63. The molecule has 0 aromatic carbocycles. The minimum atomic E-state index is -0.397. The molecule has 3 rings (SSSR count). The molecular weight excluding hydrogens is 330 g/mol. The molecule has 8 nitrogen and oxygen atoms in total. The van der Waals surface area contributed by atoms with Crippen LogP contribution in [-0.2, 0) is 0 Å². The molecule has 0 unspecified atom stereocenters. The summed E-state index contributed by atoms with van der Waals surface area (Å²) in [6, 6.07) is 1.89. The molecule has 0 bridgehead atoms. The van der Waals surface area contributed by atoms with Crippen molar-refractivity contribution in [1.29, 1.82) is 0 Å². The highest BCUT2D eigenvalue weighted by Gasteiger charge is 2.38. The first-order valence-electron chi connectivity index (χ1n) is 8.47. The molecular formula is C18H21N7O. The SMILES string of the molecule is C#CCCC1(CCNC(=O)c2cn(-c3nc(C)cc(C)n3)nc2C)N=N1. The number of nitrogens with zero attached hydrogens (tertiary/aromatic N) is 6. The Kier molecular flexibility index (Phi) is 4.80. The number of hydrogen-bond acceptors (Lipinski definition) is 6. The van der Waals surface area contributed by atoms with Gasteiger partial charge in [0, 0.05) is 43.4 Å². The van der Waals surface area contributed by atoms with Gasteiger partial charge in [-0.25, -0.2) is 14.6 Å². The third-order valence-corrected chi connectivity index (χ3v) is 4.18. The van der Waals surface area contributed by atoms with Crippen molar-refractivity contribution in [2.75, 3.05) is 6.54 Å². The molecule has 0 aliphatic carbocycles. The van der Waals surface area contributed by atoms with Crippen LogP contribution in [-0.4, -0.2) is 37.9 Å². The van der Waals surface area contributed by atoms with Crippen LogP contribution in [0, 0.1) is 33.1 Å². The summed E-state index contributed by atoms with van der Waals surface area (Å²) in [4.78, 5) is 21.2. The molecule has 8 heteroatoms. The second-order valence-corrected chi connectivity index (χ2v) is 6.42. The molecule has 1 amide bonds. The molecule has 134 valence electrons. The fourth-order valence-corrected chi connectivity index (χ4v) is 2.73. The zero-order chi connectivity index (χ0) is 18.7. The molecule has 1 aliphatic heterocycles. The summed E-state index contributed by atoms with van der Waals surface area (Å²) in [5.41, 5.74) is 2.41. The minimum Gasteiger partial charge on any atom is -0.352 e. The average molecular weight is 351 g/mol. The minimum absolute atomic E-state index is 0.189. The van der Waals surface area contributed by atoms with Crippen LogP contribution in [0.1, 0.15) is 46.7 Å². The van der Waals surface area contributed by atoms with Gasteiger partial charge in [0.2, 0.25) is 0 Å². The Morgan fingerprint density at radius 3 is 2.54 bits per heavy atom. The van der Waals surface area contributed by atoms with Crippen molar-refractivity contribution >= 4 is 5.91 Å². The lowest BCUT2D eigenvalue weighted by Gasteiger charge is -2.09. The summed E-state index contributed by atoms with van der Waals surface area (Å²) in [6.07, 6.45) is 8.93. The van der Waals surface area contributed by atoms with Gasteiger partial charge in [-0.2, -0.15) is 15.3 Å². The molecule has 0 fully saturated rings. The number of rotatable bonds is 7. The number of hydrogen-bond donors (Lipinski definition) is 1. The molecule has 0 atom stereocenters. The van der Waals surface area contributed by atoms with Gasteiger partial charge < -0.3 is 5.32 Å². The fraction of sp³-hybridized carbons (Fsp3) is 0.444. The lowest BCUT2D eigenvalue weighted by molar-refractivity contribution is 0.0951. The number of carbonyl (C=O) groups excluding carboxylic acids is 1. The number of nitrogens with one attached hydrogen (secondary N) is 1. The largest absolute Gasteiger partial charge is 0.352 e. The first kappa shape index (κ1) is 17.7. The van der Waals surface area contributed by atoms with E-state index in [2.05, 4.69) is 36.5 Å². The first-order chi connectivity index (χ1) is 12.4. The normalized spacial score (nSPS) is 14.1. The third kappa shape index (κ3) is 3.94. The van der Waals surface area contributed by atoms with E-state index in [-0.39, 0.29) is 5.91 Å². The van der Waals surface area contributed by atoms with E-state index in [4.69, 9.17) is 6.42 Å². The number of carbonyl (C=O) groups is 1. The summed E-state index contributed by atoms with van der Waals surface area (Å²) in [6.45, 7) is 6.05. The van der Waals surface area contributed by atoms with E-state index in [0.29, 0.717) is 36.6 Å². The maximum Gasteiger partial charge on any atom is 0.254 e. The van der Waals surface area contributed by atoms with Gasteiger partial charge in [-0.1, -0.05) is 0 Å². The Bertz CT molecular complexity index is 880. The molecule has 0 radical (unpaired) electrons. The van der Waals surface area contributed by atoms with E-state index in [9.17, 15) is 4.79 Å². The standard InChI is InChI=1S/C18H21N7O/c1-5-6-7-18(23-24-18)8-9-19-16(26)15-11-25(22-14(15)4)17-20-12(2)10-13(3)21-17/h1,10-11H,6-9H2,2-4H3,(H,19,26). The van der Waals surface area contributed by atoms with Crippen LogP contribution < -0.4 is 5.32 Å². The second kappa shape index (κ2) is 7.04. The van der Waals surface area contributed by atoms with E-state index < -0.39 is 5.66 Å². The van der Waals surface area contributed by atoms with E-state index in [1.54, 1.807) is 13.1 Å². The summed E-state index contributed by atoms with van der Waals surface area (Å²) in [7, 11) is 0. The topological polar surface area (TPSA) is 97.4 Å². The summed E-state index contributed by atoms with van der Waals surface area (Å²) < 4.78 is 1.53. The zero-order valence-electron chi connectivity index (χ0n) is 15.2.